The molecule has 1 aliphatic rings. The zero-order valence-electron chi connectivity index (χ0n) is 8.42. The van der Waals surface area contributed by atoms with E-state index >= 15 is 0 Å². The number of rotatable bonds is 3. The molecule has 0 spiro atoms. The Morgan fingerprint density at radius 1 is 1.46 bits per heavy atom. The smallest absolute Gasteiger partial charge is 0.320 e. The van der Waals surface area contributed by atoms with Crippen LogP contribution in [0.1, 0.15) is 39.5 Å². The van der Waals surface area contributed by atoms with Crippen LogP contribution >= 0.6 is 0 Å². The van der Waals surface area contributed by atoms with Crippen LogP contribution in [0.15, 0.2) is 0 Å². The van der Waals surface area contributed by atoms with Crippen LogP contribution in [0.5, 0.6) is 0 Å². The Morgan fingerprint density at radius 3 is 2.62 bits per heavy atom. The summed E-state index contributed by atoms with van der Waals surface area (Å²) in [5.41, 5.74) is 0. The minimum Gasteiger partial charge on any atom is -0.480 e. The fourth-order valence-electron chi connectivity index (χ4n) is 1.96. The summed E-state index contributed by atoms with van der Waals surface area (Å²) >= 11 is 0. The van der Waals surface area contributed by atoms with E-state index in [4.69, 9.17) is 5.11 Å². The van der Waals surface area contributed by atoms with Gasteiger partial charge < -0.3 is 10.4 Å². The van der Waals surface area contributed by atoms with Crippen LogP contribution in [0, 0.1) is 5.92 Å². The van der Waals surface area contributed by atoms with E-state index in [2.05, 4.69) is 12.2 Å². The van der Waals surface area contributed by atoms with Crippen LogP contribution in [-0.2, 0) is 4.79 Å². The first-order valence-electron chi connectivity index (χ1n) is 5.10. The highest BCUT2D eigenvalue weighted by Gasteiger charge is 2.24. The summed E-state index contributed by atoms with van der Waals surface area (Å²) < 4.78 is 0. The Kier molecular flexibility index (Phi) is 3.72. The zero-order valence-corrected chi connectivity index (χ0v) is 8.42. The second-order valence-electron chi connectivity index (χ2n) is 4.09. The minimum atomic E-state index is -0.752. The number of carboxylic acid groups (broad SMARTS) is 1. The molecule has 1 saturated carbocycles. The Morgan fingerprint density at radius 2 is 2.08 bits per heavy atom. The maximum atomic E-state index is 10.6. The Labute approximate surface area is 79.5 Å². The molecule has 0 aromatic carbocycles. The van der Waals surface area contributed by atoms with Crippen molar-refractivity contribution in [2.24, 2.45) is 5.92 Å². The molecule has 0 amide bonds. The molecule has 0 bridgehead atoms. The van der Waals surface area contributed by atoms with Crippen molar-refractivity contribution in [1.82, 2.24) is 5.32 Å². The minimum absolute atomic E-state index is 0.403. The number of carboxylic acids is 1. The van der Waals surface area contributed by atoms with Gasteiger partial charge in [0.25, 0.3) is 0 Å². The van der Waals surface area contributed by atoms with Crippen molar-refractivity contribution >= 4 is 5.97 Å². The third kappa shape index (κ3) is 2.99. The Hall–Kier alpha value is -0.570. The lowest BCUT2D eigenvalue weighted by molar-refractivity contribution is -0.139. The van der Waals surface area contributed by atoms with Crippen molar-refractivity contribution in [2.45, 2.75) is 51.6 Å². The molecule has 13 heavy (non-hydrogen) atoms. The lowest BCUT2D eigenvalue weighted by Gasteiger charge is -2.31. The normalized spacial score (nSPS) is 31.2. The van der Waals surface area contributed by atoms with Crippen molar-refractivity contribution in [1.29, 1.82) is 0 Å². The van der Waals surface area contributed by atoms with Gasteiger partial charge in [-0.15, -0.1) is 0 Å². The van der Waals surface area contributed by atoms with Gasteiger partial charge in [-0.1, -0.05) is 19.8 Å². The third-order valence-electron chi connectivity index (χ3n) is 2.95. The first-order valence-corrected chi connectivity index (χ1v) is 5.10. The van der Waals surface area contributed by atoms with E-state index in [-0.39, 0.29) is 0 Å². The average Bonchev–Trinajstić information content (AvgIpc) is 2.08. The first kappa shape index (κ1) is 10.5. The van der Waals surface area contributed by atoms with E-state index in [0.29, 0.717) is 12.0 Å². The Bertz CT molecular complexity index is 182. The van der Waals surface area contributed by atoms with E-state index in [1.165, 1.54) is 19.3 Å². The van der Waals surface area contributed by atoms with Gasteiger partial charge in [0.1, 0.15) is 6.04 Å². The fraction of sp³-hybridized carbons (Fsp3) is 0.900. The highest BCUT2D eigenvalue weighted by molar-refractivity contribution is 5.72. The van der Waals surface area contributed by atoms with Crippen LogP contribution in [0.25, 0.3) is 0 Å². The van der Waals surface area contributed by atoms with Crippen LogP contribution in [-0.4, -0.2) is 23.2 Å². The lowest BCUT2D eigenvalue weighted by Crippen LogP contribution is -2.45. The quantitative estimate of drug-likeness (QED) is 0.702. The maximum absolute atomic E-state index is 10.6. The van der Waals surface area contributed by atoms with Gasteiger partial charge in [-0.25, -0.2) is 0 Å². The molecule has 0 aromatic rings. The summed E-state index contributed by atoms with van der Waals surface area (Å²) in [7, 11) is 0. The predicted octanol–water partition coefficient (Wildman–Crippen LogP) is 1.63. The Balaban J connectivity index is 2.37. The molecule has 3 heteroatoms. The molecule has 2 unspecified atom stereocenters. The van der Waals surface area contributed by atoms with Crippen molar-refractivity contribution in [2.75, 3.05) is 0 Å². The maximum Gasteiger partial charge on any atom is 0.320 e. The van der Waals surface area contributed by atoms with Crippen molar-refractivity contribution in [3.63, 3.8) is 0 Å². The summed E-state index contributed by atoms with van der Waals surface area (Å²) in [5, 5.41) is 11.9. The zero-order chi connectivity index (χ0) is 9.84. The van der Waals surface area contributed by atoms with Crippen LogP contribution < -0.4 is 5.32 Å². The van der Waals surface area contributed by atoms with Crippen LogP contribution in [0.4, 0.5) is 0 Å². The molecule has 3 nitrogen and oxygen atoms in total. The molecule has 0 aliphatic heterocycles. The third-order valence-corrected chi connectivity index (χ3v) is 2.95. The number of hydrogen-bond donors (Lipinski definition) is 2. The van der Waals surface area contributed by atoms with Gasteiger partial charge in [0.15, 0.2) is 0 Å². The SMILES string of the molecule is CC1CCCCC1N[C@@H](C)C(=O)O. The van der Waals surface area contributed by atoms with Crippen molar-refractivity contribution in [3.05, 3.63) is 0 Å². The van der Waals surface area contributed by atoms with Gasteiger partial charge in [-0.3, -0.25) is 4.79 Å². The predicted molar refractivity (Wildman–Crippen MR) is 51.7 cm³/mol. The standard InChI is InChI=1S/C10H19NO2/c1-7-5-3-4-6-9(7)11-8(2)10(12)13/h7-9,11H,3-6H2,1-2H3,(H,12,13)/t7?,8-,9?/m0/s1. The lowest BCUT2D eigenvalue weighted by atomic mass is 9.85. The second-order valence-corrected chi connectivity index (χ2v) is 4.09. The van der Waals surface area contributed by atoms with E-state index in [1.54, 1.807) is 6.92 Å². The van der Waals surface area contributed by atoms with E-state index < -0.39 is 12.0 Å². The summed E-state index contributed by atoms with van der Waals surface area (Å²) in [6, 6.07) is -0.00889. The van der Waals surface area contributed by atoms with E-state index in [0.717, 1.165) is 6.42 Å². The van der Waals surface area contributed by atoms with E-state index in [1.807, 2.05) is 0 Å². The summed E-state index contributed by atoms with van der Waals surface area (Å²) in [6.07, 6.45) is 4.87. The van der Waals surface area contributed by atoms with E-state index in [9.17, 15) is 4.79 Å². The largest absolute Gasteiger partial charge is 0.480 e. The monoisotopic (exact) mass is 185 g/mol. The van der Waals surface area contributed by atoms with Gasteiger partial charge in [0.2, 0.25) is 0 Å². The van der Waals surface area contributed by atoms with Gasteiger partial charge in [-0.05, 0) is 25.7 Å². The molecule has 0 aromatic heterocycles. The number of aliphatic carboxylic acids is 1. The van der Waals surface area contributed by atoms with Gasteiger partial charge in [0, 0.05) is 6.04 Å². The molecule has 0 radical (unpaired) electrons. The number of carbonyl (C=O) groups is 1. The van der Waals surface area contributed by atoms with Crippen molar-refractivity contribution < 1.29 is 9.90 Å². The topological polar surface area (TPSA) is 49.3 Å². The molecular weight excluding hydrogens is 166 g/mol. The summed E-state index contributed by atoms with van der Waals surface area (Å²) in [6.45, 7) is 3.91. The first-order chi connectivity index (χ1) is 6.11. The summed E-state index contributed by atoms with van der Waals surface area (Å²) in [4.78, 5) is 10.6. The molecule has 1 rings (SSSR count). The number of nitrogens with one attached hydrogen (secondary N) is 1. The second kappa shape index (κ2) is 4.61. The molecule has 1 aliphatic carbocycles. The molecule has 3 atom stereocenters. The molecule has 1 fully saturated rings. The van der Waals surface area contributed by atoms with Crippen LogP contribution in [0.3, 0.4) is 0 Å². The average molecular weight is 185 g/mol. The summed E-state index contributed by atoms with van der Waals surface area (Å²) in [5.74, 6) is -0.131. The highest BCUT2D eigenvalue weighted by Crippen LogP contribution is 2.23. The molecule has 2 N–H and O–H groups in total. The van der Waals surface area contributed by atoms with Gasteiger partial charge >= 0.3 is 5.97 Å². The molecule has 0 heterocycles. The van der Waals surface area contributed by atoms with Gasteiger partial charge in [0.05, 0.1) is 0 Å². The fourth-order valence-corrected chi connectivity index (χ4v) is 1.96. The highest BCUT2D eigenvalue weighted by atomic mass is 16.4. The number of hydrogen-bond acceptors (Lipinski definition) is 2. The van der Waals surface area contributed by atoms with Crippen molar-refractivity contribution in [3.8, 4) is 0 Å². The molecule has 0 saturated heterocycles. The van der Waals surface area contributed by atoms with Gasteiger partial charge in [-0.2, -0.15) is 0 Å². The molecular formula is C10H19NO2. The van der Waals surface area contributed by atoms with Crippen LogP contribution in [0.2, 0.25) is 0 Å². The molecule has 76 valence electrons.